The Kier molecular flexibility index (Phi) is 3.83. The molecule has 0 aliphatic rings. The molecule has 0 saturated carbocycles. The maximum Gasteiger partial charge on any atom is 0.268 e. The Bertz CT molecular complexity index is 730. The maximum absolute atomic E-state index is 11.9. The molecule has 106 valence electrons. The molecular formula is C16H14N2O2S. The van der Waals surface area contributed by atoms with Crippen molar-refractivity contribution in [2.75, 3.05) is 5.32 Å². The van der Waals surface area contributed by atoms with Crippen molar-refractivity contribution >= 4 is 23.1 Å². The number of anilines is 1. The fourth-order valence-electron chi connectivity index (χ4n) is 1.96. The van der Waals surface area contributed by atoms with E-state index in [4.69, 9.17) is 4.52 Å². The number of thiophene rings is 1. The molecule has 0 fully saturated rings. The van der Waals surface area contributed by atoms with Crippen LogP contribution in [0.2, 0.25) is 0 Å². The summed E-state index contributed by atoms with van der Waals surface area (Å²) in [7, 11) is 0. The van der Waals surface area contributed by atoms with Gasteiger partial charge in [-0.3, -0.25) is 10.1 Å². The summed E-state index contributed by atoms with van der Waals surface area (Å²) < 4.78 is 5.17. The second-order valence-corrected chi connectivity index (χ2v) is 5.51. The van der Waals surface area contributed by atoms with Crippen molar-refractivity contribution < 1.29 is 9.32 Å². The minimum absolute atomic E-state index is 0.186. The summed E-state index contributed by atoms with van der Waals surface area (Å²) in [6.07, 6.45) is 1.00. The first kappa shape index (κ1) is 13.6. The summed E-state index contributed by atoms with van der Waals surface area (Å²) in [5.74, 6) is 0.164. The van der Waals surface area contributed by atoms with Gasteiger partial charge in [0.2, 0.25) is 5.88 Å². The Morgan fingerprint density at radius 3 is 2.76 bits per heavy atom. The molecule has 2 aromatic heterocycles. The summed E-state index contributed by atoms with van der Waals surface area (Å²) in [4.78, 5) is 12.6. The van der Waals surface area contributed by atoms with E-state index in [1.807, 2.05) is 23.6 Å². The first-order valence-corrected chi connectivity index (χ1v) is 7.55. The van der Waals surface area contributed by atoms with Gasteiger partial charge in [0, 0.05) is 11.6 Å². The molecule has 3 aromatic rings. The molecule has 1 amide bonds. The van der Waals surface area contributed by atoms with Gasteiger partial charge in [-0.1, -0.05) is 42.4 Å². The van der Waals surface area contributed by atoms with E-state index in [9.17, 15) is 4.79 Å². The average Bonchev–Trinajstić information content (AvgIpc) is 3.19. The van der Waals surface area contributed by atoms with Crippen LogP contribution in [0.15, 0.2) is 52.4 Å². The van der Waals surface area contributed by atoms with E-state index < -0.39 is 0 Å². The van der Waals surface area contributed by atoms with Crippen molar-refractivity contribution in [3.05, 3.63) is 58.3 Å². The number of amides is 1. The number of nitrogens with one attached hydrogen (secondary N) is 1. The molecule has 2 heterocycles. The lowest BCUT2D eigenvalue weighted by atomic mass is 10.1. The molecule has 0 aliphatic carbocycles. The molecule has 0 aliphatic heterocycles. The molecule has 3 rings (SSSR count). The van der Waals surface area contributed by atoms with Gasteiger partial charge in [0.1, 0.15) is 5.69 Å². The molecule has 1 aromatic carbocycles. The van der Waals surface area contributed by atoms with Crippen molar-refractivity contribution in [1.29, 1.82) is 0 Å². The highest BCUT2D eigenvalue weighted by molar-refractivity contribution is 7.12. The largest absolute Gasteiger partial charge is 0.338 e. The zero-order valence-corrected chi connectivity index (χ0v) is 12.3. The third-order valence-electron chi connectivity index (χ3n) is 3.15. The van der Waals surface area contributed by atoms with Gasteiger partial charge in [0.15, 0.2) is 0 Å². The number of aryl methyl sites for hydroxylation is 1. The minimum atomic E-state index is -0.186. The summed E-state index contributed by atoms with van der Waals surface area (Å²) in [6, 6.07) is 13.5. The number of aromatic nitrogens is 1. The van der Waals surface area contributed by atoms with Crippen molar-refractivity contribution in [2.45, 2.75) is 13.3 Å². The van der Waals surface area contributed by atoms with Crippen molar-refractivity contribution in [2.24, 2.45) is 0 Å². The molecule has 0 saturated heterocycles. The Labute approximate surface area is 126 Å². The lowest BCUT2D eigenvalue weighted by Crippen LogP contribution is -2.09. The Balaban J connectivity index is 1.75. The number of carbonyl (C=O) groups is 1. The smallest absolute Gasteiger partial charge is 0.268 e. The number of benzene rings is 1. The van der Waals surface area contributed by atoms with E-state index in [1.165, 1.54) is 16.9 Å². The predicted molar refractivity (Wildman–Crippen MR) is 83.6 cm³/mol. The van der Waals surface area contributed by atoms with E-state index >= 15 is 0 Å². The number of nitrogens with zero attached hydrogens (tertiary/aromatic N) is 1. The van der Waals surface area contributed by atoms with Crippen LogP contribution in [-0.2, 0) is 6.42 Å². The van der Waals surface area contributed by atoms with Gasteiger partial charge in [-0.2, -0.15) is 0 Å². The van der Waals surface area contributed by atoms with Crippen molar-refractivity contribution in [3.8, 4) is 11.3 Å². The van der Waals surface area contributed by atoms with Crippen LogP contribution in [0.5, 0.6) is 0 Å². The lowest BCUT2D eigenvalue weighted by molar-refractivity contribution is 0.102. The zero-order chi connectivity index (χ0) is 14.7. The topological polar surface area (TPSA) is 55.1 Å². The Morgan fingerprint density at radius 1 is 1.29 bits per heavy atom. The molecule has 0 bridgehead atoms. The second kappa shape index (κ2) is 5.93. The highest BCUT2D eigenvalue weighted by atomic mass is 32.1. The molecule has 0 unspecified atom stereocenters. The van der Waals surface area contributed by atoms with E-state index in [0.717, 1.165) is 12.0 Å². The highest BCUT2D eigenvalue weighted by Gasteiger charge is 2.11. The van der Waals surface area contributed by atoms with E-state index in [-0.39, 0.29) is 5.91 Å². The molecule has 4 nitrogen and oxygen atoms in total. The number of rotatable bonds is 4. The molecule has 21 heavy (non-hydrogen) atoms. The number of carbonyl (C=O) groups excluding carboxylic acids is 1. The lowest BCUT2D eigenvalue weighted by Gasteiger charge is -1.98. The molecule has 0 spiro atoms. The van der Waals surface area contributed by atoms with Gasteiger partial charge in [-0.25, -0.2) is 0 Å². The monoisotopic (exact) mass is 298 g/mol. The molecule has 0 atom stereocenters. The number of hydrogen-bond donors (Lipinski definition) is 1. The highest BCUT2D eigenvalue weighted by Crippen LogP contribution is 2.23. The molecule has 1 N–H and O–H groups in total. The van der Waals surface area contributed by atoms with Gasteiger partial charge in [-0.05, 0) is 23.4 Å². The van der Waals surface area contributed by atoms with Crippen LogP contribution in [0.4, 0.5) is 5.88 Å². The van der Waals surface area contributed by atoms with Crippen LogP contribution in [0.3, 0.4) is 0 Å². The van der Waals surface area contributed by atoms with Gasteiger partial charge in [-0.15, -0.1) is 11.3 Å². The van der Waals surface area contributed by atoms with E-state index in [1.54, 1.807) is 12.1 Å². The van der Waals surface area contributed by atoms with Crippen LogP contribution in [0, 0.1) is 0 Å². The summed E-state index contributed by atoms with van der Waals surface area (Å²) in [6.45, 7) is 2.11. The average molecular weight is 298 g/mol. The molecule has 0 radical (unpaired) electrons. The van der Waals surface area contributed by atoms with Gasteiger partial charge in [0.05, 0.1) is 4.88 Å². The van der Waals surface area contributed by atoms with E-state index in [0.29, 0.717) is 16.5 Å². The van der Waals surface area contributed by atoms with Crippen LogP contribution in [0.1, 0.15) is 22.2 Å². The summed E-state index contributed by atoms with van der Waals surface area (Å²) in [5, 5.41) is 8.55. The fourth-order valence-corrected chi connectivity index (χ4v) is 2.58. The van der Waals surface area contributed by atoms with E-state index in [2.05, 4.69) is 29.5 Å². The SMILES string of the molecule is CCc1ccc(-c2cc(NC(=O)c3cccs3)on2)cc1. The third kappa shape index (κ3) is 3.03. The molecular weight excluding hydrogens is 284 g/mol. The summed E-state index contributed by atoms with van der Waals surface area (Å²) >= 11 is 1.38. The fraction of sp³-hybridized carbons (Fsp3) is 0.125. The van der Waals surface area contributed by atoms with Gasteiger partial charge >= 0.3 is 0 Å². The zero-order valence-electron chi connectivity index (χ0n) is 11.5. The first-order chi connectivity index (χ1) is 10.3. The first-order valence-electron chi connectivity index (χ1n) is 6.67. The van der Waals surface area contributed by atoms with Crippen LogP contribution in [0.25, 0.3) is 11.3 Å². The number of hydrogen-bond acceptors (Lipinski definition) is 4. The van der Waals surface area contributed by atoms with Crippen LogP contribution >= 0.6 is 11.3 Å². The van der Waals surface area contributed by atoms with Crippen LogP contribution < -0.4 is 5.32 Å². The Hall–Kier alpha value is -2.40. The quantitative estimate of drug-likeness (QED) is 0.784. The van der Waals surface area contributed by atoms with Gasteiger partial charge in [0.25, 0.3) is 5.91 Å². The Morgan fingerprint density at radius 2 is 2.10 bits per heavy atom. The maximum atomic E-state index is 11.9. The van der Waals surface area contributed by atoms with Crippen molar-refractivity contribution in [1.82, 2.24) is 5.16 Å². The van der Waals surface area contributed by atoms with Crippen molar-refractivity contribution in [3.63, 3.8) is 0 Å². The van der Waals surface area contributed by atoms with Gasteiger partial charge < -0.3 is 4.52 Å². The third-order valence-corrected chi connectivity index (χ3v) is 4.02. The minimum Gasteiger partial charge on any atom is -0.338 e. The predicted octanol–water partition coefficient (Wildman–Crippen LogP) is 4.22. The standard InChI is InChI=1S/C16H14N2O2S/c1-2-11-5-7-12(8-6-11)13-10-15(20-18-13)17-16(19)14-4-3-9-21-14/h3-10H,2H2,1H3,(H,17,19). The normalized spacial score (nSPS) is 10.5. The second-order valence-electron chi connectivity index (χ2n) is 4.56. The molecule has 5 heteroatoms. The van der Waals surface area contributed by atoms with Crippen LogP contribution in [-0.4, -0.2) is 11.1 Å². The summed E-state index contributed by atoms with van der Waals surface area (Å²) in [5.41, 5.74) is 2.94.